The van der Waals surface area contributed by atoms with Gasteiger partial charge in [-0.05, 0) is 43.7 Å². The number of anilines is 1. The minimum Gasteiger partial charge on any atom is -0.460 e. The molecule has 2 rings (SSSR count). The smallest absolute Gasteiger partial charge is 0.381 e. The van der Waals surface area contributed by atoms with E-state index in [1.54, 1.807) is 20.9 Å². The molecule has 1 amide bonds. The maximum atomic E-state index is 13.2. The van der Waals surface area contributed by atoms with E-state index in [1.807, 2.05) is 0 Å². The van der Waals surface area contributed by atoms with Gasteiger partial charge in [-0.25, -0.2) is 9.18 Å². The number of hydrogen-bond donors (Lipinski definition) is 1. The molecule has 0 bridgehead atoms. The molecule has 1 N–H and O–H groups in total. The van der Waals surface area contributed by atoms with Crippen LogP contribution in [0.4, 0.5) is 10.1 Å². The zero-order chi connectivity index (χ0) is 17.9. The molecule has 0 aliphatic heterocycles. The van der Waals surface area contributed by atoms with E-state index in [0.29, 0.717) is 11.3 Å². The molecule has 0 saturated heterocycles. The zero-order valence-corrected chi connectivity index (χ0v) is 13.6. The van der Waals surface area contributed by atoms with Crippen molar-refractivity contribution in [3.63, 3.8) is 0 Å². The molecular weight excluding hydrogens is 315 g/mol. The lowest BCUT2D eigenvalue weighted by Gasteiger charge is -2.05. The van der Waals surface area contributed by atoms with Crippen molar-refractivity contribution < 1.29 is 23.5 Å². The first-order valence-corrected chi connectivity index (χ1v) is 7.28. The van der Waals surface area contributed by atoms with Gasteiger partial charge in [0.2, 0.25) is 0 Å². The lowest BCUT2D eigenvalue weighted by Crippen LogP contribution is -2.19. The number of benzene rings is 1. The number of carbonyl (C=O) groups excluding carboxylic acids is 3. The summed E-state index contributed by atoms with van der Waals surface area (Å²) < 4.78 is 19.3. The van der Waals surface area contributed by atoms with Crippen LogP contribution in [0.15, 0.2) is 30.5 Å². The van der Waals surface area contributed by atoms with Gasteiger partial charge in [-0.2, -0.15) is 0 Å². The summed E-state index contributed by atoms with van der Waals surface area (Å²) >= 11 is 0. The number of esters is 1. The third-order valence-electron chi connectivity index (χ3n) is 3.38. The second-order valence-electron chi connectivity index (χ2n) is 5.19. The first kappa shape index (κ1) is 17.4. The van der Waals surface area contributed by atoms with Crippen molar-refractivity contribution in [3.8, 4) is 0 Å². The average molecular weight is 332 g/mol. The second kappa shape index (κ2) is 7.08. The van der Waals surface area contributed by atoms with Crippen LogP contribution < -0.4 is 5.32 Å². The summed E-state index contributed by atoms with van der Waals surface area (Å²) in [6, 6.07) is 5.51. The van der Waals surface area contributed by atoms with Crippen LogP contribution in [-0.2, 0) is 16.6 Å². The van der Waals surface area contributed by atoms with Crippen LogP contribution in [0, 0.1) is 12.7 Å². The second-order valence-corrected chi connectivity index (χ2v) is 5.19. The van der Waals surface area contributed by atoms with Crippen LogP contribution in [0.5, 0.6) is 0 Å². The Hall–Kier alpha value is -2.96. The number of ketones is 1. The largest absolute Gasteiger partial charge is 0.460 e. The molecule has 1 heterocycles. The van der Waals surface area contributed by atoms with Gasteiger partial charge in [0.15, 0.2) is 0 Å². The number of aromatic nitrogens is 1. The monoisotopic (exact) mass is 332 g/mol. The summed E-state index contributed by atoms with van der Waals surface area (Å²) in [5, 5.41) is 2.61. The Morgan fingerprint density at radius 1 is 1.25 bits per heavy atom. The van der Waals surface area contributed by atoms with Crippen molar-refractivity contribution in [1.29, 1.82) is 0 Å². The molecule has 0 aliphatic rings. The number of ether oxygens (including phenoxy) is 1. The molecule has 24 heavy (non-hydrogen) atoms. The van der Waals surface area contributed by atoms with Crippen LogP contribution in [0.25, 0.3) is 0 Å². The van der Waals surface area contributed by atoms with Crippen molar-refractivity contribution in [2.24, 2.45) is 7.05 Å². The van der Waals surface area contributed by atoms with Crippen molar-refractivity contribution in [1.82, 2.24) is 4.57 Å². The first-order chi connectivity index (χ1) is 11.3. The number of nitrogens with zero attached hydrogens (tertiary/aromatic N) is 1. The summed E-state index contributed by atoms with van der Waals surface area (Å²) in [5.41, 5.74) is 1.08. The van der Waals surface area contributed by atoms with Gasteiger partial charge in [0.1, 0.15) is 5.82 Å². The lowest BCUT2D eigenvalue weighted by molar-refractivity contribution is -0.137. The van der Waals surface area contributed by atoms with Gasteiger partial charge in [0.25, 0.3) is 11.7 Å². The number of nitrogens with one attached hydrogen (secondary N) is 1. The van der Waals surface area contributed by atoms with Crippen molar-refractivity contribution in [3.05, 3.63) is 53.1 Å². The van der Waals surface area contributed by atoms with Gasteiger partial charge in [0, 0.05) is 18.9 Å². The van der Waals surface area contributed by atoms with E-state index in [1.165, 1.54) is 35.0 Å². The molecule has 2 aromatic rings. The Kier molecular flexibility index (Phi) is 5.13. The summed E-state index contributed by atoms with van der Waals surface area (Å²) in [6.45, 7) is 3.27. The fourth-order valence-corrected chi connectivity index (χ4v) is 2.14. The third kappa shape index (κ3) is 3.68. The van der Waals surface area contributed by atoms with Crippen molar-refractivity contribution in [2.75, 3.05) is 11.9 Å². The molecule has 6 nitrogen and oxygen atoms in total. The van der Waals surface area contributed by atoms with E-state index >= 15 is 0 Å². The van der Waals surface area contributed by atoms with E-state index < -0.39 is 17.7 Å². The number of amides is 1. The van der Waals surface area contributed by atoms with E-state index in [4.69, 9.17) is 0 Å². The molecule has 0 fully saturated rings. The Labute approximate surface area is 138 Å². The number of carbonyl (C=O) groups is 3. The molecule has 0 radical (unpaired) electrons. The van der Waals surface area contributed by atoms with Crippen LogP contribution in [0.3, 0.4) is 0 Å². The summed E-state index contributed by atoms with van der Waals surface area (Å²) in [6.07, 6.45) is 1.43. The average Bonchev–Trinajstić information content (AvgIpc) is 2.92. The van der Waals surface area contributed by atoms with E-state index in [2.05, 4.69) is 10.1 Å². The molecular formula is C17H17FN2O4. The Balaban J connectivity index is 2.19. The molecule has 1 aromatic heterocycles. The maximum absolute atomic E-state index is 13.2. The van der Waals surface area contributed by atoms with Gasteiger partial charge < -0.3 is 14.6 Å². The molecule has 0 aliphatic carbocycles. The number of aryl methyl sites for hydroxylation is 2. The highest BCUT2D eigenvalue weighted by molar-refractivity contribution is 6.40. The van der Waals surface area contributed by atoms with Crippen LogP contribution in [0.2, 0.25) is 0 Å². The molecule has 0 unspecified atom stereocenters. The minimum atomic E-state index is -0.972. The van der Waals surface area contributed by atoms with Crippen LogP contribution >= 0.6 is 0 Å². The van der Waals surface area contributed by atoms with Gasteiger partial charge in [-0.1, -0.05) is 0 Å². The van der Waals surface area contributed by atoms with Gasteiger partial charge in [-0.15, -0.1) is 0 Å². The SMILES string of the molecule is CCOC(=O)C(=O)c1cc(C(=O)Nc2ccc(F)c(C)c2)cn1C. The Bertz CT molecular complexity index is 811. The summed E-state index contributed by atoms with van der Waals surface area (Å²) in [5.74, 6) is -2.63. The summed E-state index contributed by atoms with van der Waals surface area (Å²) in [7, 11) is 1.55. The zero-order valence-electron chi connectivity index (χ0n) is 13.6. The number of halogens is 1. The molecule has 7 heteroatoms. The van der Waals surface area contributed by atoms with E-state index in [0.717, 1.165) is 0 Å². The molecule has 0 saturated carbocycles. The normalized spacial score (nSPS) is 10.3. The van der Waals surface area contributed by atoms with E-state index in [9.17, 15) is 18.8 Å². The fraction of sp³-hybridized carbons (Fsp3) is 0.235. The van der Waals surface area contributed by atoms with Gasteiger partial charge in [-0.3, -0.25) is 9.59 Å². The predicted molar refractivity (Wildman–Crippen MR) is 85.5 cm³/mol. The highest BCUT2D eigenvalue weighted by atomic mass is 19.1. The highest BCUT2D eigenvalue weighted by Crippen LogP contribution is 2.16. The predicted octanol–water partition coefficient (Wildman–Crippen LogP) is 2.47. The highest BCUT2D eigenvalue weighted by Gasteiger charge is 2.22. The standard InChI is InChI=1S/C17H17FN2O4/c1-4-24-17(23)15(21)14-8-11(9-20(14)3)16(22)19-12-5-6-13(18)10(2)7-12/h5-9H,4H2,1-3H3,(H,19,22). The van der Waals surface area contributed by atoms with Crippen molar-refractivity contribution >= 4 is 23.3 Å². The van der Waals surface area contributed by atoms with Crippen LogP contribution in [-0.4, -0.2) is 28.8 Å². The number of rotatable bonds is 5. The summed E-state index contributed by atoms with van der Waals surface area (Å²) in [4.78, 5) is 35.7. The van der Waals surface area contributed by atoms with E-state index in [-0.39, 0.29) is 23.7 Å². The molecule has 1 aromatic carbocycles. The Morgan fingerprint density at radius 2 is 1.96 bits per heavy atom. The maximum Gasteiger partial charge on any atom is 0.381 e. The van der Waals surface area contributed by atoms with Crippen molar-refractivity contribution in [2.45, 2.75) is 13.8 Å². The molecule has 0 spiro atoms. The minimum absolute atomic E-state index is 0.0499. The third-order valence-corrected chi connectivity index (χ3v) is 3.38. The number of hydrogen-bond acceptors (Lipinski definition) is 4. The van der Waals surface area contributed by atoms with Gasteiger partial charge in [0.05, 0.1) is 17.9 Å². The van der Waals surface area contributed by atoms with Crippen LogP contribution in [0.1, 0.15) is 33.3 Å². The van der Waals surface area contributed by atoms with Gasteiger partial charge >= 0.3 is 5.97 Å². The molecule has 0 atom stereocenters. The topological polar surface area (TPSA) is 77.4 Å². The molecule has 126 valence electrons. The Morgan fingerprint density at radius 3 is 2.58 bits per heavy atom. The number of Topliss-reactive ketones (excluding diaryl/α,β-unsaturated/α-hetero) is 1. The first-order valence-electron chi connectivity index (χ1n) is 7.28. The fourth-order valence-electron chi connectivity index (χ4n) is 2.14. The lowest BCUT2D eigenvalue weighted by atomic mass is 10.2. The quantitative estimate of drug-likeness (QED) is 0.518.